The van der Waals surface area contributed by atoms with Crippen LogP contribution in [-0.4, -0.2) is 39.4 Å². The highest BCUT2D eigenvalue weighted by molar-refractivity contribution is 6.05. The number of benzene rings is 1. The van der Waals surface area contributed by atoms with Crippen molar-refractivity contribution in [1.82, 2.24) is 5.32 Å². The first-order chi connectivity index (χ1) is 12.7. The normalized spacial score (nSPS) is 28.4. The van der Waals surface area contributed by atoms with Crippen molar-refractivity contribution < 1.29 is 23.7 Å². The van der Waals surface area contributed by atoms with Crippen molar-refractivity contribution in [3.63, 3.8) is 0 Å². The number of piperidine rings is 1. The zero-order chi connectivity index (χ0) is 17.9. The van der Waals surface area contributed by atoms with Crippen molar-refractivity contribution in [1.29, 1.82) is 0 Å². The quantitative estimate of drug-likeness (QED) is 0.875. The molecule has 136 valence electrons. The Morgan fingerprint density at radius 3 is 2.96 bits per heavy atom. The molecule has 0 aromatic heterocycles. The molecule has 1 fully saturated rings. The summed E-state index contributed by atoms with van der Waals surface area (Å²) in [6, 6.07) is 2.24. The monoisotopic (exact) mass is 355 g/mol. The first-order valence-corrected chi connectivity index (χ1v) is 8.94. The SMILES string of the molecule is COC1=CC23CCN[C@H](CCc4cc5c(c(OC)c42)OCO5)C3=CC1=O. The van der Waals surface area contributed by atoms with E-state index in [0.29, 0.717) is 17.3 Å². The maximum Gasteiger partial charge on any atom is 0.231 e. The molecular formula is C20H21NO5. The number of ketones is 1. The van der Waals surface area contributed by atoms with Crippen LogP contribution in [0.5, 0.6) is 17.2 Å². The molecule has 0 spiro atoms. The number of hydrogen-bond donors (Lipinski definition) is 1. The number of nitrogens with one attached hydrogen (secondary N) is 1. The van der Waals surface area contributed by atoms with Crippen LogP contribution in [0.4, 0.5) is 0 Å². The van der Waals surface area contributed by atoms with Gasteiger partial charge in [-0.25, -0.2) is 0 Å². The molecule has 2 heterocycles. The number of aryl methyl sites for hydroxylation is 1. The van der Waals surface area contributed by atoms with Gasteiger partial charge in [0.15, 0.2) is 17.3 Å². The van der Waals surface area contributed by atoms with E-state index in [2.05, 4.69) is 11.4 Å². The van der Waals surface area contributed by atoms with Gasteiger partial charge in [0.05, 0.1) is 14.2 Å². The summed E-state index contributed by atoms with van der Waals surface area (Å²) in [6.45, 7) is 1.06. The fourth-order valence-corrected chi connectivity index (χ4v) is 4.90. The number of rotatable bonds is 2. The van der Waals surface area contributed by atoms with Gasteiger partial charge in [-0.3, -0.25) is 4.79 Å². The minimum absolute atomic E-state index is 0.0741. The summed E-state index contributed by atoms with van der Waals surface area (Å²) >= 11 is 0. The lowest BCUT2D eigenvalue weighted by atomic mass is 9.64. The van der Waals surface area contributed by atoms with Crippen LogP contribution in [0.3, 0.4) is 0 Å². The van der Waals surface area contributed by atoms with Crippen LogP contribution in [0.1, 0.15) is 24.0 Å². The van der Waals surface area contributed by atoms with Gasteiger partial charge in [0.25, 0.3) is 0 Å². The third kappa shape index (κ3) is 1.93. The van der Waals surface area contributed by atoms with Crippen molar-refractivity contribution >= 4 is 5.78 Å². The van der Waals surface area contributed by atoms with Crippen LogP contribution in [0.15, 0.2) is 29.6 Å². The highest BCUT2D eigenvalue weighted by Crippen LogP contribution is 2.56. The van der Waals surface area contributed by atoms with E-state index in [0.717, 1.165) is 42.7 Å². The molecular weight excluding hydrogens is 334 g/mol. The Balaban J connectivity index is 1.84. The fraction of sp³-hybridized carbons (Fsp3) is 0.450. The average Bonchev–Trinajstić information content (AvgIpc) is 3.10. The van der Waals surface area contributed by atoms with Crippen molar-refractivity contribution in [2.75, 3.05) is 27.6 Å². The lowest BCUT2D eigenvalue weighted by molar-refractivity contribution is -0.114. The van der Waals surface area contributed by atoms with Gasteiger partial charge in [-0.05, 0) is 55.2 Å². The predicted octanol–water partition coefficient (Wildman–Crippen LogP) is 2.01. The van der Waals surface area contributed by atoms with Gasteiger partial charge in [0.2, 0.25) is 18.3 Å². The molecule has 1 aromatic carbocycles. The molecule has 2 aliphatic heterocycles. The van der Waals surface area contributed by atoms with E-state index in [1.54, 1.807) is 20.3 Å². The van der Waals surface area contributed by atoms with E-state index in [1.807, 2.05) is 6.08 Å². The number of methoxy groups -OCH3 is 2. The highest BCUT2D eigenvalue weighted by atomic mass is 16.7. The van der Waals surface area contributed by atoms with Crippen LogP contribution >= 0.6 is 0 Å². The Bertz CT molecular complexity index is 871. The number of allylic oxidation sites excluding steroid dienone is 2. The minimum Gasteiger partial charge on any atom is -0.493 e. The number of carbonyl (C=O) groups is 1. The average molecular weight is 355 g/mol. The summed E-state index contributed by atoms with van der Waals surface area (Å²) in [5.74, 6) is 2.41. The molecule has 1 unspecified atom stereocenters. The van der Waals surface area contributed by atoms with E-state index >= 15 is 0 Å². The van der Waals surface area contributed by atoms with Crippen LogP contribution in [-0.2, 0) is 21.4 Å². The molecule has 0 radical (unpaired) electrons. The molecule has 5 rings (SSSR count). The molecule has 26 heavy (non-hydrogen) atoms. The molecule has 0 saturated carbocycles. The third-order valence-corrected chi connectivity index (χ3v) is 5.98. The fourth-order valence-electron chi connectivity index (χ4n) is 4.90. The molecule has 2 atom stereocenters. The summed E-state index contributed by atoms with van der Waals surface area (Å²) in [7, 11) is 3.21. The molecule has 1 aromatic rings. The molecule has 0 amide bonds. The number of hydrogen-bond acceptors (Lipinski definition) is 6. The van der Waals surface area contributed by atoms with Crippen molar-refractivity contribution in [2.45, 2.75) is 30.7 Å². The predicted molar refractivity (Wildman–Crippen MR) is 93.7 cm³/mol. The zero-order valence-corrected chi connectivity index (χ0v) is 14.9. The van der Waals surface area contributed by atoms with Gasteiger partial charge in [-0.2, -0.15) is 0 Å². The van der Waals surface area contributed by atoms with Crippen molar-refractivity contribution in [3.8, 4) is 17.2 Å². The molecule has 2 aliphatic carbocycles. The summed E-state index contributed by atoms with van der Waals surface area (Å²) in [4.78, 5) is 12.5. The Labute approximate surface area is 151 Å². The summed E-state index contributed by atoms with van der Waals surface area (Å²) < 4.78 is 22.6. The first-order valence-electron chi connectivity index (χ1n) is 8.94. The van der Waals surface area contributed by atoms with E-state index in [1.165, 1.54) is 5.56 Å². The van der Waals surface area contributed by atoms with Gasteiger partial charge in [-0.1, -0.05) is 0 Å². The summed E-state index contributed by atoms with van der Waals surface area (Å²) in [5, 5.41) is 3.57. The third-order valence-electron chi connectivity index (χ3n) is 5.98. The smallest absolute Gasteiger partial charge is 0.231 e. The second kappa shape index (κ2) is 5.51. The van der Waals surface area contributed by atoms with E-state index in [4.69, 9.17) is 18.9 Å². The van der Waals surface area contributed by atoms with Crippen molar-refractivity contribution in [3.05, 3.63) is 40.7 Å². The molecule has 6 heteroatoms. The van der Waals surface area contributed by atoms with Crippen LogP contribution < -0.4 is 19.5 Å². The molecule has 4 aliphatic rings. The maximum atomic E-state index is 12.5. The van der Waals surface area contributed by atoms with E-state index < -0.39 is 5.41 Å². The zero-order valence-electron chi connectivity index (χ0n) is 14.9. The Morgan fingerprint density at radius 2 is 2.15 bits per heavy atom. The van der Waals surface area contributed by atoms with Gasteiger partial charge in [-0.15, -0.1) is 0 Å². The van der Waals surface area contributed by atoms with E-state index in [9.17, 15) is 4.79 Å². The second-order valence-corrected chi connectivity index (χ2v) is 7.12. The lowest BCUT2D eigenvalue weighted by Crippen LogP contribution is -2.49. The van der Waals surface area contributed by atoms with Crippen molar-refractivity contribution in [2.24, 2.45) is 0 Å². The minimum atomic E-state index is -0.423. The number of carbonyl (C=O) groups excluding carboxylic acids is 1. The van der Waals surface area contributed by atoms with Crippen LogP contribution in [0.25, 0.3) is 0 Å². The molecule has 1 saturated heterocycles. The van der Waals surface area contributed by atoms with Gasteiger partial charge >= 0.3 is 0 Å². The summed E-state index contributed by atoms with van der Waals surface area (Å²) in [6.07, 6.45) is 6.39. The highest BCUT2D eigenvalue weighted by Gasteiger charge is 2.49. The van der Waals surface area contributed by atoms with Gasteiger partial charge in [0.1, 0.15) is 0 Å². The van der Waals surface area contributed by atoms with E-state index in [-0.39, 0.29) is 18.6 Å². The molecule has 1 N–H and O–H groups in total. The largest absolute Gasteiger partial charge is 0.493 e. The lowest BCUT2D eigenvalue weighted by Gasteiger charge is -2.44. The Morgan fingerprint density at radius 1 is 1.27 bits per heavy atom. The number of ether oxygens (including phenoxy) is 4. The topological polar surface area (TPSA) is 66.0 Å². The van der Waals surface area contributed by atoms with Crippen LogP contribution in [0, 0.1) is 0 Å². The maximum absolute atomic E-state index is 12.5. The van der Waals surface area contributed by atoms with Gasteiger partial charge in [0, 0.05) is 17.0 Å². The molecule has 2 bridgehead atoms. The molecule has 6 nitrogen and oxygen atoms in total. The van der Waals surface area contributed by atoms with Gasteiger partial charge < -0.3 is 24.3 Å². The number of fused-ring (bicyclic) bond motifs is 2. The standard InChI is InChI=1S/C20H21NO5/c1-23-16-9-20-5-6-21-13(12(20)8-14(16)22)4-3-11-7-15-18(26-10-25-15)19(24-2)17(11)20/h7-9,13,21H,3-6,10H2,1-2H3/t13-,20?/m1/s1. The Hall–Kier alpha value is -2.47. The first kappa shape index (κ1) is 15.8. The Kier molecular flexibility index (Phi) is 3.34. The van der Waals surface area contributed by atoms with Crippen LogP contribution in [0.2, 0.25) is 0 Å². The second-order valence-electron chi connectivity index (χ2n) is 7.12. The summed E-state index contributed by atoms with van der Waals surface area (Å²) in [5.41, 5.74) is 2.95.